The number of hydrogen-bond acceptors (Lipinski definition) is 4. The number of amides is 2. The van der Waals surface area contributed by atoms with Crippen LogP contribution in [0.1, 0.15) is 32.1 Å². The normalized spacial score (nSPS) is 17.1. The van der Waals surface area contributed by atoms with Crippen LogP contribution in [0.2, 0.25) is 0 Å². The van der Waals surface area contributed by atoms with Gasteiger partial charge in [0.05, 0.1) is 12.7 Å². The summed E-state index contributed by atoms with van der Waals surface area (Å²) in [7, 11) is 0. The predicted octanol–water partition coefficient (Wildman–Crippen LogP) is 0.0804. The van der Waals surface area contributed by atoms with Gasteiger partial charge in [-0.1, -0.05) is 12.8 Å². The molecule has 19 heavy (non-hydrogen) atoms. The van der Waals surface area contributed by atoms with Gasteiger partial charge in [-0.25, -0.2) is 9.59 Å². The number of nitrogens with one attached hydrogen (secondary N) is 2. The lowest BCUT2D eigenvalue weighted by Gasteiger charge is -2.12. The Morgan fingerprint density at radius 1 is 1.21 bits per heavy atom. The molecule has 0 radical (unpaired) electrons. The number of carbonyl (C=O) groups is 2. The third-order valence-corrected chi connectivity index (χ3v) is 3.03. The molecule has 1 saturated carbocycles. The first-order valence-electron chi connectivity index (χ1n) is 6.63. The molecule has 7 heteroatoms. The zero-order chi connectivity index (χ0) is 14.1. The fraction of sp³-hybridized carbons (Fsp3) is 0.833. The molecule has 2 amide bonds. The summed E-state index contributed by atoms with van der Waals surface area (Å²) < 4.78 is 5.57. The van der Waals surface area contributed by atoms with Crippen molar-refractivity contribution in [2.75, 3.05) is 19.7 Å². The van der Waals surface area contributed by atoms with E-state index in [-0.39, 0.29) is 19.0 Å². The Balaban J connectivity index is 1.94. The number of hydrogen-bond donors (Lipinski definition) is 4. The summed E-state index contributed by atoms with van der Waals surface area (Å²) in [6.07, 6.45) is 3.50. The van der Waals surface area contributed by atoms with Crippen molar-refractivity contribution in [2.24, 2.45) is 0 Å². The molecule has 1 atom stereocenters. The fourth-order valence-corrected chi connectivity index (χ4v) is 1.95. The van der Waals surface area contributed by atoms with Crippen molar-refractivity contribution in [1.82, 2.24) is 10.6 Å². The number of ether oxygens (including phenoxy) is 1. The van der Waals surface area contributed by atoms with Crippen LogP contribution in [0.4, 0.5) is 4.79 Å². The van der Waals surface area contributed by atoms with E-state index in [0.29, 0.717) is 19.3 Å². The summed E-state index contributed by atoms with van der Waals surface area (Å²) >= 11 is 0. The summed E-state index contributed by atoms with van der Waals surface area (Å²) in [4.78, 5) is 21.6. The minimum absolute atomic E-state index is 0.0126. The van der Waals surface area contributed by atoms with Gasteiger partial charge in [-0.05, 0) is 12.8 Å². The lowest BCUT2D eigenvalue weighted by Crippen LogP contribution is -2.39. The van der Waals surface area contributed by atoms with E-state index in [1.54, 1.807) is 0 Å². The molecule has 0 heterocycles. The van der Waals surface area contributed by atoms with E-state index < -0.39 is 12.1 Å². The Morgan fingerprint density at radius 3 is 2.47 bits per heavy atom. The molecule has 0 aliphatic heterocycles. The van der Waals surface area contributed by atoms with Gasteiger partial charge in [0.1, 0.15) is 0 Å². The summed E-state index contributed by atoms with van der Waals surface area (Å²) in [6.45, 7) is 1.02. The number of aliphatic hydroxyl groups is 1. The Morgan fingerprint density at radius 2 is 1.84 bits per heavy atom. The van der Waals surface area contributed by atoms with Crippen LogP contribution >= 0.6 is 0 Å². The molecule has 1 unspecified atom stereocenters. The number of aliphatic carboxylic acids is 1. The van der Waals surface area contributed by atoms with Crippen LogP contribution in [0.5, 0.6) is 0 Å². The van der Waals surface area contributed by atoms with Crippen molar-refractivity contribution in [1.29, 1.82) is 0 Å². The predicted molar refractivity (Wildman–Crippen MR) is 67.9 cm³/mol. The highest BCUT2D eigenvalue weighted by Crippen LogP contribution is 2.20. The van der Waals surface area contributed by atoms with Gasteiger partial charge in [0, 0.05) is 19.5 Å². The Labute approximate surface area is 112 Å². The van der Waals surface area contributed by atoms with Crippen LogP contribution in [-0.2, 0) is 9.53 Å². The van der Waals surface area contributed by atoms with Gasteiger partial charge in [-0.15, -0.1) is 0 Å². The van der Waals surface area contributed by atoms with E-state index in [9.17, 15) is 9.59 Å². The third-order valence-electron chi connectivity index (χ3n) is 3.03. The molecule has 0 spiro atoms. The fourth-order valence-electron chi connectivity index (χ4n) is 1.95. The number of carboxylic acids is 1. The van der Waals surface area contributed by atoms with Crippen LogP contribution in [0.3, 0.4) is 0 Å². The molecule has 1 aliphatic rings. The Bertz CT molecular complexity index is 292. The van der Waals surface area contributed by atoms with Crippen molar-refractivity contribution in [2.45, 2.75) is 44.3 Å². The van der Waals surface area contributed by atoms with Crippen LogP contribution in [0.25, 0.3) is 0 Å². The number of carbonyl (C=O) groups excluding carboxylic acids is 1. The van der Waals surface area contributed by atoms with Gasteiger partial charge in [0.2, 0.25) is 0 Å². The Kier molecular flexibility index (Phi) is 7.20. The topological polar surface area (TPSA) is 108 Å². The highest BCUT2D eigenvalue weighted by molar-refractivity contribution is 5.74. The number of rotatable bonds is 8. The van der Waals surface area contributed by atoms with Gasteiger partial charge in [0.25, 0.3) is 0 Å². The first-order chi connectivity index (χ1) is 9.09. The van der Waals surface area contributed by atoms with E-state index >= 15 is 0 Å². The van der Waals surface area contributed by atoms with Crippen LogP contribution < -0.4 is 10.6 Å². The summed E-state index contributed by atoms with van der Waals surface area (Å²) in [5, 5.41) is 22.5. The molecule has 7 nitrogen and oxygen atoms in total. The van der Waals surface area contributed by atoms with Gasteiger partial charge < -0.3 is 25.6 Å². The molecular weight excluding hydrogens is 252 g/mol. The van der Waals surface area contributed by atoms with E-state index in [1.165, 1.54) is 12.8 Å². The highest BCUT2D eigenvalue weighted by atomic mass is 16.5. The largest absolute Gasteiger partial charge is 0.479 e. The van der Waals surface area contributed by atoms with Gasteiger partial charge in [0.15, 0.2) is 6.10 Å². The third kappa shape index (κ3) is 6.97. The van der Waals surface area contributed by atoms with Crippen molar-refractivity contribution >= 4 is 12.0 Å². The van der Waals surface area contributed by atoms with Crippen LogP contribution in [0, 0.1) is 0 Å². The SMILES string of the molecule is O=C(NCCOC1CCCC1)NCCC(O)C(=O)O. The highest BCUT2D eigenvalue weighted by Gasteiger charge is 2.15. The minimum Gasteiger partial charge on any atom is -0.479 e. The number of urea groups is 1. The minimum atomic E-state index is -1.44. The summed E-state index contributed by atoms with van der Waals surface area (Å²) in [6, 6.07) is -0.382. The molecule has 1 fully saturated rings. The van der Waals surface area contributed by atoms with Crippen molar-refractivity contribution in [3.05, 3.63) is 0 Å². The second kappa shape index (κ2) is 8.71. The van der Waals surface area contributed by atoms with E-state index in [2.05, 4.69) is 10.6 Å². The van der Waals surface area contributed by atoms with Gasteiger partial charge in [-0.3, -0.25) is 0 Å². The molecular formula is C12H22N2O5. The van der Waals surface area contributed by atoms with Crippen molar-refractivity contribution in [3.63, 3.8) is 0 Å². The van der Waals surface area contributed by atoms with E-state index in [0.717, 1.165) is 12.8 Å². The molecule has 0 bridgehead atoms. The molecule has 1 aliphatic carbocycles. The van der Waals surface area contributed by atoms with Crippen molar-refractivity contribution in [3.8, 4) is 0 Å². The van der Waals surface area contributed by atoms with Crippen LogP contribution in [-0.4, -0.2) is 54.1 Å². The van der Waals surface area contributed by atoms with Crippen molar-refractivity contribution < 1.29 is 24.5 Å². The molecule has 1 rings (SSSR count). The smallest absolute Gasteiger partial charge is 0.332 e. The zero-order valence-electron chi connectivity index (χ0n) is 10.9. The summed E-state index contributed by atoms with van der Waals surface area (Å²) in [5.74, 6) is -1.29. The molecule has 0 aromatic rings. The maximum absolute atomic E-state index is 11.3. The number of carboxylic acid groups (broad SMARTS) is 1. The molecule has 0 aromatic carbocycles. The lowest BCUT2D eigenvalue weighted by atomic mass is 10.2. The molecule has 0 aromatic heterocycles. The molecule has 0 saturated heterocycles. The molecule has 4 N–H and O–H groups in total. The average Bonchev–Trinajstić information content (AvgIpc) is 2.87. The Hall–Kier alpha value is -1.34. The standard InChI is InChI=1S/C12H22N2O5/c15-10(11(16)17)5-6-13-12(18)14-7-8-19-9-3-1-2-4-9/h9-10,15H,1-8H2,(H,16,17)(H2,13,14,18). The molecule has 110 valence electrons. The van der Waals surface area contributed by atoms with Gasteiger partial charge >= 0.3 is 12.0 Å². The monoisotopic (exact) mass is 274 g/mol. The second-order valence-corrected chi connectivity index (χ2v) is 4.60. The van der Waals surface area contributed by atoms with Gasteiger partial charge in [-0.2, -0.15) is 0 Å². The van der Waals surface area contributed by atoms with E-state index in [4.69, 9.17) is 14.9 Å². The maximum Gasteiger partial charge on any atom is 0.332 e. The van der Waals surface area contributed by atoms with Crippen LogP contribution in [0.15, 0.2) is 0 Å². The quantitative estimate of drug-likeness (QED) is 0.469. The first kappa shape index (κ1) is 15.7. The maximum atomic E-state index is 11.3. The lowest BCUT2D eigenvalue weighted by molar-refractivity contribution is -0.146. The number of aliphatic hydroxyl groups excluding tert-OH is 1. The average molecular weight is 274 g/mol. The van der Waals surface area contributed by atoms with E-state index in [1.807, 2.05) is 0 Å². The second-order valence-electron chi connectivity index (χ2n) is 4.60. The zero-order valence-corrected chi connectivity index (χ0v) is 10.9. The first-order valence-corrected chi connectivity index (χ1v) is 6.63. The summed E-state index contributed by atoms with van der Waals surface area (Å²) in [5.41, 5.74) is 0.